The lowest BCUT2D eigenvalue weighted by atomic mass is 10.1. The SMILES string of the molecule is O=C(Oc1cccc(Cl)c1)C(O)Cc1cccnc1. The van der Waals surface area contributed by atoms with Crippen molar-refractivity contribution in [3.05, 3.63) is 59.4 Å². The molecule has 2 aromatic rings. The molecule has 1 aromatic carbocycles. The topological polar surface area (TPSA) is 59.4 Å². The van der Waals surface area contributed by atoms with E-state index in [-0.39, 0.29) is 6.42 Å². The van der Waals surface area contributed by atoms with Gasteiger partial charge in [0.15, 0.2) is 6.10 Å². The van der Waals surface area contributed by atoms with E-state index < -0.39 is 12.1 Å². The van der Waals surface area contributed by atoms with Crippen LogP contribution >= 0.6 is 11.6 Å². The highest BCUT2D eigenvalue weighted by Crippen LogP contribution is 2.17. The van der Waals surface area contributed by atoms with Crippen LogP contribution in [0.2, 0.25) is 5.02 Å². The number of carbonyl (C=O) groups is 1. The molecule has 5 heteroatoms. The first kappa shape index (κ1) is 13.5. The maximum atomic E-state index is 11.7. The Morgan fingerprint density at radius 3 is 2.89 bits per heavy atom. The number of hydrogen-bond acceptors (Lipinski definition) is 4. The van der Waals surface area contributed by atoms with Gasteiger partial charge < -0.3 is 9.84 Å². The second-order valence-electron chi connectivity index (χ2n) is 3.96. The zero-order chi connectivity index (χ0) is 13.7. The Kier molecular flexibility index (Phi) is 4.49. The number of hydrogen-bond donors (Lipinski definition) is 1. The van der Waals surface area contributed by atoms with Crippen molar-refractivity contribution in [1.82, 2.24) is 4.98 Å². The molecule has 0 fully saturated rings. The van der Waals surface area contributed by atoms with Gasteiger partial charge in [-0.25, -0.2) is 4.79 Å². The van der Waals surface area contributed by atoms with Crippen molar-refractivity contribution in [2.75, 3.05) is 0 Å². The van der Waals surface area contributed by atoms with Crippen LogP contribution < -0.4 is 4.74 Å². The average Bonchev–Trinajstić information content (AvgIpc) is 2.40. The minimum Gasteiger partial charge on any atom is -0.425 e. The second-order valence-corrected chi connectivity index (χ2v) is 4.40. The number of pyridine rings is 1. The molecule has 2 rings (SSSR count). The van der Waals surface area contributed by atoms with Crippen molar-refractivity contribution in [3.8, 4) is 5.75 Å². The molecule has 98 valence electrons. The van der Waals surface area contributed by atoms with E-state index in [0.29, 0.717) is 10.8 Å². The van der Waals surface area contributed by atoms with Gasteiger partial charge in [-0.2, -0.15) is 0 Å². The van der Waals surface area contributed by atoms with Crippen LogP contribution in [0.1, 0.15) is 5.56 Å². The van der Waals surface area contributed by atoms with Gasteiger partial charge >= 0.3 is 5.97 Å². The summed E-state index contributed by atoms with van der Waals surface area (Å²) in [6, 6.07) is 9.97. The highest BCUT2D eigenvalue weighted by atomic mass is 35.5. The summed E-state index contributed by atoms with van der Waals surface area (Å²) in [5, 5.41) is 10.2. The maximum Gasteiger partial charge on any atom is 0.340 e. The third kappa shape index (κ3) is 4.05. The van der Waals surface area contributed by atoms with Crippen molar-refractivity contribution >= 4 is 17.6 Å². The molecule has 0 saturated carbocycles. The first-order chi connectivity index (χ1) is 9.15. The number of carbonyl (C=O) groups excluding carboxylic acids is 1. The molecule has 0 aliphatic carbocycles. The first-order valence-corrected chi connectivity index (χ1v) is 6.07. The van der Waals surface area contributed by atoms with Crippen LogP contribution in [0.3, 0.4) is 0 Å². The van der Waals surface area contributed by atoms with Crippen LogP contribution in [0.5, 0.6) is 5.75 Å². The van der Waals surface area contributed by atoms with E-state index in [9.17, 15) is 9.90 Å². The van der Waals surface area contributed by atoms with Crippen LogP contribution in [0, 0.1) is 0 Å². The monoisotopic (exact) mass is 277 g/mol. The second kappa shape index (κ2) is 6.31. The van der Waals surface area contributed by atoms with Crippen LogP contribution in [0.25, 0.3) is 0 Å². The Morgan fingerprint density at radius 2 is 2.21 bits per heavy atom. The fourth-order valence-electron chi connectivity index (χ4n) is 1.54. The number of halogens is 1. The summed E-state index contributed by atoms with van der Waals surface area (Å²) < 4.78 is 5.04. The molecule has 0 spiro atoms. The first-order valence-electron chi connectivity index (χ1n) is 5.69. The van der Waals surface area contributed by atoms with Crippen molar-refractivity contribution in [3.63, 3.8) is 0 Å². The molecule has 4 nitrogen and oxygen atoms in total. The number of aliphatic hydroxyl groups is 1. The lowest BCUT2D eigenvalue weighted by Crippen LogP contribution is -2.27. The van der Waals surface area contributed by atoms with E-state index in [4.69, 9.17) is 16.3 Å². The summed E-state index contributed by atoms with van der Waals surface area (Å²) in [6.07, 6.45) is 2.15. The number of nitrogens with zero attached hydrogens (tertiary/aromatic N) is 1. The zero-order valence-corrected chi connectivity index (χ0v) is 10.7. The third-order valence-electron chi connectivity index (χ3n) is 2.44. The number of benzene rings is 1. The van der Waals surface area contributed by atoms with Gasteiger partial charge in [0.05, 0.1) is 0 Å². The van der Waals surface area contributed by atoms with Crippen molar-refractivity contribution < 1.29 is 14.6 Å². The summed E-state index contributed by atoms with van der Waals surface area (Å²) in [7, 11) is 0. The number of esters is 1. The number of rotatable bonds is 4. The molecule has 1 unspecified atom stereocenters. The molecule has 0 amide bonds. The summed E-state index contributed by atoms with van der Waals surface area (Å²) in [6.45, 7) is 0. The lowest BCUT2D eigenvalue weighted by molar-refractivity contribution is -0.143. The molecule has 0 radical (unpaired) electrons. The Labute approximate surface area is 115 Å². The Morgan fingerprint density at radius 1 is 1.37 bits per heavy atom. The van der Waals surface area contributed by atoms with E-state index in [2.05, 4.69) is 4.98 Å². The Hall–Kier alpha value is -1.91. The summed E-state index contributed by atoms with van der Waals surface area (Å²) in [4.78, 5) is 15.6. The third-order valence-corrected chi connectivity index (χ3v) is 2.67. The standard InChI is InChI=1S/C14H12ClNO3/c15-11-4-1-5-12(8-11)19-14(18)13(17)7-10-3-2-6-16-9-10/h1-6,8-9,13,17H,7H2. The normalized spacial score (nSPS) is 11.9. The van der Waals surface area contributed by atoms with E-state index in [0.717, 1.165) is 5.56 Å². The number of ether oxygens (including phenoxy) is 1. The molecule has 1 atom stereocenters. The van der Waals surface area contributed by atoms with E-state index in [1.807, 2.05) is 0 Å². The van der Waals surface area contributed by atoms with Gasteiger partial charge in [-0.15, -0.1) is 0 Å². The van der Waals surface area contributed by atoms with Gasteiger partial charge in [-0.1, -0.05) is 23.7 Å². The van der Waals surface area contributed by atoms with E-state index in [1.165, 1.54) is 6.07 Å². The molecular formula is C14H12ClNO3. The predicted octanol–water partition coefficient (Wildman–Crippen LogP) is 2.24. The minimum absolute atomic E-state index is 0.160. The Bertz CT molecular complexity index is 560. The predicted molar refractivity (Wildman–Crippen MR) is 71.0 cm³/mol. The molecule has 1 N–H and O–H groups in total. The molecule has 0 saturated heterocycles. The largest absolute Gasteiger partial charge is 0.425 e. The van der Waals surface area contributed by atoms with Crippen molar-refractivity contribution in [2.45, 2.75) is 12.5 Å². The van der Waals surface area contributed by atoms with Crippen LogP contribution in [0.4, 0.5) is 0 Å². The lowest BCUT2D eigenvalue weighted by Gasteiger charge is -2.10. The molecule has 19 heavy (non-hydrogen) atoms. The Balaban J connectivity index is 1.96. The van der Waals surface area contributed by atoms with Gasteiger partial charge in [-0.05, 0) is 29.8 Å². The van der Waals surface area contributed by atoms with E-state index >= 15 is 0 Å². The van der Waals surface area contributed by atoms with Crippen molar-refractivity contribution in [1.29, 1.82) is 0 Å². The summed E-state index contributed by atoms with van der Waals surface area (Å²) in [5.74, 6) is -0.408. The molecule has 0 aliphatic heterocycles. The highest BCUT2D eigenvalue weighted by Gasteiger charge is 2.18. The highest BCUT2D eigenvalue weighted by molar-refractivity contribution is 6.30. The van der Waals surface area contributed by atoms with Gasteiger partial charge in [0.2, 0.25) is 0 Å². The maximum absolute atomic E-state index is 11.7. The van der Waals surface area contributed by atoms with Crippen LogP contribution in [-0.4, -0.2) is 22.2 Å². The minimum atomic E-state index is -1.23. The smallest absolute Gasteiger partial charge is 0.340 e. The van der Waals surface area contributed by atoms with Crippen molar-refractivity contribution in [2.24, 2.45) is 0 Å². The molecule has 0 aliphatic rings. The van der Waals surface area contributed by atoms with Gasteiger partial charge in [0.25, 0.3) is 0 Å². The van der Waals surface area contributed by atoms with Gasteiger partial charge in [-0.3, -0.25) is 4.98 Å². The van der Waals surface area contributed by atoms with Gasteiger partial charge in [0, 0.05) is 23.8 Å². The fraction of sp³-hybridized carbons (Fsp3) is 0.143. The zero-order valence-electron chi connectivity index (χ0n) is 9.99. The summed E-state index contributed by atoms with van der Waals surface area (Å²) >= 11 is 5.78. The number of aliphatic hydroxyl groups excluding tert-OH is 1. The quantitative estimate of drug-likeness (QED) is 0.688. The molecule has 1 heterocycles. The fourth-order valence-corrected chi connectivity index (χ4v) is 1.72. The van der Waals surface area contributed by atoms with Crippen LogP contribution in [0.15, 0.2) is 48.8 Å². The summed E-state index contributed by atoms with van der Waals surface area (Å²) in [5.41, 5.74) is 0.762. The molecule has 1 aromatic heterocycles. The van der Waals surface area contributed by atoms with Gasteiger partial charge in [0.1, 0.15) is 5.75 Å². The van der Waals surface area contributed by atoms with Crippen LogP contribution in [-0.2, 0) is 11.2 Å². The molecule has 0 bridgehead atoms. The average molecular weight is 278 g/mol. The van der Waals surface area contributed by atoms with E-state index in [1.54, 1.807) is 42.7 Å². The molecular weight excluding hydrogens is 266 g/mol. The number of aromatic nitrogens is 1.